The second-order valence-electron chi connectivity index (χ2n) is 3.98. The van der Waals surface area contributed by atoms with E-state index in [-0.39, 0.29) is 34.9 Å². The summed E-state index contributed by atoms with van der Waals surface area (Å²) < 4.78 is 23.7. The van der Waals surface area contributed by atoms with Crippen molar-refractivity contribution in [2.24, 2.45) is 0 Å². The molecule has 0 saturated heterocycles. The number of nitro benzene ring substituents is 1. The molecular weight excluding hydrogens is 293 g/mol. The lowest BCUT2D eigenvalue weighted by atomic mass is 10.00. The van der Waals surface area contributed by atoms with Crippen LogP contribution >= 0.6 is 11.6 Å². The van der Waals surface area contributed by atoms with E-state index in [2.05, 4.69) is 4.74 Å². The van der Waals surface area contributed by atoms with E-state index in [0.717, 1.165) is 19.2 Å². The Balaban J connectivity index is 2.68. The van der Waals surface area contributed by atoms with Crippen LogP contribution in [0.1, 0.15) is 5.56 Å². The smallest absolute Gasteiger partial charge is 0.336 e. The minimum Gasteiger partial charge on any atom is -0.466 e. The van der Waals surface area contributed by atoms with Crippen molar-refractivity contribution in [3.63, 3.8) is 0 Å². The molecule has 0 fully saturated rings. The average molecular weight is 302 g/mol. The molecule has 0 amide bonds. The van der Waals surface area contributed by atoms with Crippen molar-refractivity contribution in [1.82, 2.24) is 0 Å². The Bertz CT molecular complexity index is 629. The lowest BCUT2D eigenvalue weighted by Gasteiger charge is -2.07. The zero-order chi connectivity index (χ0) is 14.9. The van der Waals surface area contributed by atoms with Crippen LogP contribution in [0.2, 0.25) is 5.02 Å². The molecule has 0 spiro atoms. The fourth-order valence-corrected chi connectivity index (χ4v) is 2.16. The number of carbonyl (C=O) groups excluding carboxylic acids is 1. The van der Waals surface area contributed by atoms with Gasteiger partial charge in [-0.25, -0.2) is 9.18 Å². The van der Waals surface area contributed by atoms with E-state index >= 15 is 0 Å². The van der Waals surface area contributed by atoms with Crippen LogP contribution in [-0.2, 0) is 14.3 Å². The number of hydrogen-bond acceptors (Lipinski definition) is 5. The molecule has 2 rings (SSSR count). The van der Waals surface area contributed by atoms with Crippen molar-refractivity contribution >= 4 is 28.8 Å². The van der Waals surface area contributed by atoms with E-state index in [0.29, 0.717) is 0 Å². The Labute approximate surface area is 117 Å². The monoisotopic (exact) mass is 301 g/mol. The van der Waals surface area contributed by atoms with Gasteiger partial charge in [0.15, 0.2) is 0 Å². The summed E-state index contributed by atoms with van der Waals surface area (Å²) in [6.07, 6.45) is 0. The fourth-order valence-electron chi connectivity index (χ4n) is 1.96. The lowest BCUT2D eigenvalue weighted by molar-refractivity contribution is -0.385. The van der Waals surface area contributed by atoms with Gasteiger partial charge in [0.05, 0.1) is 41.4 Å². The molecule has 106 valence electrons. The lowest BCUT2D eigenvalue weighted by Crippen LogP contribution is -2.08. The molecular formula is C12H9ClFNO5. The maximum absolute atomic E-state index is 14.0. The third-order valence-corrected chi connectivity index (χ3v) is 3.04. The molecule has 6 nitrogen and oxygen atoms in total. The van der Waals surface area contributed by atoms with Crippen LogP contribution in [0.5, 0.6) is 0 Å². The SMILES string of the molecule is COC(=O)C1=C(c2c(F)cc(Cl)cc2[N+](=O)[O-])COC1. The molecule has 0 N–H and O–H groups in total. The number of benzene rings is 1. The van der Waals surface area contributed by atoms with Gasteiger partial charge in [-0.3, -0.25) is 10.1 Å². The van der Waals surface area contributed by atoms with Gasteiger partial charge in [0.1, 0.15) is 5.82 Å². The Morgan fingerprint density at radius 2 is 2.20 bits per heavy atom. The molecule has 0 bridgehead atoms. The molecule has 0 saturated carbocycles. The topological polar surface area (TPSA) is 78.7 Å². The van der Waals surface area contributed by atoms with Gasteiger partial charge in [0.2, 0.25) is 0 Å². The molecule has 1 aromatic rings. The molecule has 8 heteroatoms. The van der Waals surface area contributed by atoms with Crippen LogP contribution in [0.15, 0.2) is 17.7 Å². The summed E-state index contributed by atoms with van der Waals surface area (Å²) >= 11 is 5.62. The summed E-state index contributed by atoms with van der Waals surface area (Å²) in [5, 5.41) is 10.9. The molecule has 0 aromatic heterocycles. The maximum Gasteiger partial charge on any atom is 0.336 e. The number of hydrogen-bond donors (Lipinski definition) is 0. The second-order valence-corrected chi connectivity index (χ2v) is 4.42. The van der Waals surface area contributed by atoms with Crippen molar-refractivity contribution in [3.8, 4) is 0 Å². The maximum atomic E-state index is 14.0. The first kappa shape index (κ1) is 14.4. The first-order valence-electron chi connectivity index (χ1n) is 5.47. The minimum atomic E-state index is -0.883. The van der Waals surface area contributed by atoms with Crippen molar-refractivity contribution in [1.29, 1.82) is 0 Å². The van der Waals surface area contributed by atoms with Gasteiger partial charge >= 0.3 is 5.97 Å². The molecule has 0 aliphatic carbocycles. The number of halogens is 2. The third-order valence-electron chi connectivity index (χ3n) is 2.82. The number of esters is 1. The molecule has 1 aliphatic rings. The third kappa shape index (κ3) is 2.50. The molecule has 1 aromatic carbocycles. The number of rotatable bonds is 3. The van der Waals surface area contributed by atoms with E-state index in [1.807, 2.05) is 0 Å². The Kier molecular flexibility index (Phi) is 4.01. The highest BCUT2D eigenvalue weighted by Crippen LogP contribution is 2.36. The first-order valence-corrected chi connectivity index (χ1v) is 5.85. The standard InChI is InChI=1S/C12H9ClFNO5/c1-19-12(16)8-5-20-4-7(8)11-9(14)2-6(13)3-10(11)15(17)18/h2-3H,4-5H2,1H3. The van der Waals surface area contributed by atoms with E-state index in [1.54, 1.807) is 0 Å². The first-order chi connectivity index (χ1) is 9.45. The van der Waals surface area contributed by atoms with Gasteiger partial charge < -0.3 is 9.47 Å². The van der Waals surface area contributed by atoms with Crippen LogP contribution in [0.25, 0.3) is 5.57 Å². The number of methoxy groups -OCH3 is 1. The van der Waals surface area contributed by atoms with Gasteiger partial charge in [0, 0.05) is 11.6 Å². The van der Waals surface area contributed by atoms with Crippen molar-refractivity contribution in [2.45, 2.75) is 0 Å². The van der Waals surface area contributed by atoms with Crippen LogP contribution in [0.3, 0.4) is 0 Å². The largest absolute Gasteiger partial charge is 0.466 e. The van der Waals surface area contributed by atoms with Crippen LogP contribution in [-0.4, -0.2) is 31.2 Å². The van der Waals surface area contributed by atoms with E-state index in [9.17, 15) is 19.3 Å². The zero-order valence-corrected chi connectivity index (χ0v) is 11.1. The summed E-state index contributed by atoms with van der Waals surface area (Å²) in [5.74, 6) is -1.59. The zero-order valence-electron chi connectivity index (χ0n) is 10.3. The quantitative estimate of drug-likeness (QED) is 0.486. The van der Waals surface area contributed by atoms with Crippen molar-refractivity contribution < 1.29 is 23.6 Å². The highest BCUT2D eigenvalue weighted by Gasteiger charge is 2.31. The number of nitro groups is 1. The summed E-state index contributed by atoms with van der Waals surface area (Å²) in [7, 11) is 1.16. The Morgan fingerprint density at radius 1 is 1.50 bits per heavy atom. The van der Waals surface area contributed by atoms with Crippen LogP contribution in [0, 0.1) is 15.9 Å². The van der Waals surface area contributed by atoms with E-state index in [4.69, 9.17) is 16.3 Å². The second kappa shape index (κ2) is 5.56. The predicted molar refractivity (Wildman–Crippen MR) is 67.8 cm³/mol. The van der Waals surface area contributed by atoms with Crippen LogP contribution < -0.4 is 0 Å². The normalized spacial score (nSPS) is 14.6. The number of ether oxygens (including phenoxy) is 2. The summed E-state index contributed by atoms with van der Waals surface area (Å²) in [4.78, 5) is 21.8. The summed E-state index contributed by atoms with van der Waals surface area (Å²) in [5.41, 5.74) is -0.635. The summed E-state index contributed by atoms with van der Waals surface area (Å²) in [6, 6.07) is 1.98. The highest BCUT2D eigenvalue weighted by molar-refractivity contribution is 6.30. The average Bonchev–Trinajstić information content (AvgIpc) is 2.85. The predicted octanol–water partition coefficient (Wildman–Crippen LogP) is 2.34. The van der Waals surface area contributed by atoms with Crippen LogP contribution in [0.4, 0.5) is 10.1 Å². The molecule has 0 radical (unpaired) electrons. The van der Waals surface area contributed by atoms with Gasteiger partial charge in [-0.15, -0.1) is 0 Å². The Hall–Kier alpha value is -1.99. The molecule has 1 heterocycles. The molecule has 20 heavy (non-hydrogen) atoms. The van der Waals surface area contributed by atoms with Gasteiger partial charge in [-0.05, 0) is 6.07 Å². The van der Waals surface area contributed by atoms with Gasteiger partial charge in [0.25, 0.3) is 5.69 Å². The molecule has 1 aliphatic heterocycles. The van der Waals surface area contributed by atoms with E-state index in [1.165, 1.54) is 0 Å². The molecule has 0 unspecified atom stereocenters. The number of carbonyl (C=O) groups is 1. The van der Waals surface area contributed by atoms with Gasteiger partial charge in [-0.2, -0.15) is 0 Å². The Morgan fingerprint density at radius 3 is 2.80 bits per heavy atom. The summed E-state index contributed by atoms with van der Waals surface area (Å²) in [6.45, 7) is -0.189. The fraction of sp³-hybridized carbons (Fsp3) is 0.250. The molecule has 0 atom stereocenters. The van der Waals surface area contributed by atoms with E-state index < -0.39 is 22.4 Å². The van der Waals surface area contributed by atoms with Crippen molar-refractivity contribution in [3.05, 3.63) is 44.2 Å². The highest BCUT2D eigenvalue weighted by atomic mass is 35.5. The van der Waals surface area contributed by atoms with Crippen molar-refractivity contribution in [2.75, 3.05) is 20.3 Å². The van der Waals surface area contributed by atoms with Gasteiger partial charge in [-0.1, -0.05) is 11.6 Å². The minimum absolute atomic E-state index is 0.0665. The number of nitrogens with zero attached hydrogens (tertiary/aromatic N) is 1.